The number of rotatable bonds is 5. The van der Waals surface area contributed by atoms with Gasteiger partial charge in [0.1, 0.15) is 0 Å². The summed E-state index contributed by atoms with van der Waals surface area (Å²) in [5, 5.41) is 0. The molecule has 2 fully saturated rings. The van der Waals surface area contributed by atoms with Crippen LogP contribution in [0.5, 0.6) is 0 Å². The molecule has 0 amide bonds. The first-order valence-corrected chi connectivity index (χ1v) is 9.04. The number of nitrogens with one attached hydrogen (secondary N) is 1. The first-order chi connectivity index (χ1) is 7.88. The van der Waals surface area contributed by atoms with Crippen LogP contribution in [-0.2, 0) is 4.43 Å². The van der Waals surface area contributed by atoms with E-state index in [1.807, 2.05) is 7.11 Å². The normalized spacial score (nSPS) is 26.1. The molecule has 0 aromatic heterocycles. The molecule has 1 unspecified atom stereocenters. The van der Waals surface area contributed by atoms with E-state index in [1.165, 1.54) is 63.8 Å². The minimum Gasteiger partial charge on any atom is -0.409 e. The van der Waals surface area contributed by atoms with Gasteiger partial charge in [-0.1, -0.05) is 44.9 Å². The minimum atomic E-state index is -1.09. The average molecular weight is 241 g/mol. The van der Waals surface area contributed by atoms with Crippen LogP contribution in [0, 0.1) is 5.92 Å². The molecule has 1 N–H and O–H groups in total. The highest BCUT2D eigenvalue weighted by Gasteiger charge is 2.24. The summed E-state index contributed by atoms with van der Waals surface area (Å²) in [6.45, 7) is 0. The lowest BCUT2D eigenvalue weighted by Crippen LogP contribution is -2.45. The van der Waals surface area contributed by atoms with Crippen LogP contribution in [0.2, 0.25) is 6.04 Å². The molecule has 16 heavy (non-hydrogen) atoms. The third kappa shape index (κ3) is 3.86. The van der Waals surface area contributed by atoms with Gasteiger partial charge >= 0.3 is 0 Å². The highest BCUT2D eigenvalue weighted by Crippen LogP contribution is 2.29. The van der Waals surface area contributed by atoms with Crippen LogP contribution in [-0.4, -0.2) is 22.4 Å². The van der Waals surface area contributed by atoms with Gasteiger partial charge in [0.25, 0.3) is 9.20 Å². The topological polar surface area (TPSA) is 21.3 Å². The van der Waals surface area contributed by atoms with Gasteiger partial charge in [-0.2, -0.15) is 0 Å². The molecular formula is C13H27NOSi. The SMILES string of the molecule is CO[SiH](CC1CCCC1)NC1CCCCC1. The molecule has 0 heterocycles. The van der Waals surface area contributed by atoms with E-state index >= 15 is 0 Å². The van der Waals surface area contributed by atoms with Gasteiger partial charge in [0.05, 0.1) is 0 Å². The van der Waals surface area contributed by atoms with Crippen LogP contribution in [0.25, 0.3) is 0 Å². The summed E-state index contributed by atoms with van der Waals surface area (Å²) in [5.74, 6) is 0.979. The van der Waals surface area contributed by atoms with Gasteiger partial charge in [-0.3, -0.25) is 0 Å². The first kappa shape index (κ1) is 12.6. The Balaban J connectivity index is 1.70. The molecule has 2 aliphatic carbocycles. The van der Waals surface area contributed by atoms with Crippen molar-refractivity contribution in [2.45, 2.75) is 69.9 Å². The summed E-state index contributed by atoms with van der Waals surface area (Å²) in [6, 6.07) is 2.15. The molecule has 2 rings (SSSR count). The van der Waals surface area contributed by atoms with Crippen LogP contribution in [0.1, 0.15) is 57.8 Å². The van der Waals surface area contributed by atoms with Gasteiger partial charge in [-0.25, -0.2) is 0 Å². The molecule has 2 nitrogen and oxygen atoms in total. The number of hydrogen-bond donors (Lipinski definition) is 1. The summed E-state index contributed by atoms with van der Waals surface area (Å²) in [5.41, 5.74) is 0. The van der Waals surface area contributed by atoms with E-state index in [2.05, 4.69) is 4.98 Å². The van der Waals surface area contributed by atoms with Crippen molar-refractivity contribution in [3.05, 3.63) is 0 Å². The van der Waals surface area contributed by atoms with Gasteiger partial charge in [0.2, 0.25) is 0 Å². The fourth-order valence-corrected chi connectivity index (χ4v) is 5.71. The monoisotopic (exact) mass is 241 g/mol. The summed E-state index contributed by atoms with van der Waals surface area (Å²) >= 11 is 0. The van der Waals surface area contributed by atoms with E-state index in [4.69, 9.17) is 4.43 Å². The Morgan fingerprint density at radius 1 is 1.00 bits per heavy atom. The predicted molar refractivity (Wildman–Crippen MR) is 70.9 cm³/mol. The summed E-state index contributed by atoms with van der Waals surface area (Å²) in [4.78, 5) is 3.85. The molecule has 3 heteroatoms. The standard InChI is InChI=1S/C13H27NOSi/c1-15-16(11-12-7-5-6-8-12)14-13-9-3-2-4-10-13/h12-14,16H,2-11H2,1H3. The smallest absolute Gasteiger partial charge is 0.252 e. The first-order valence-electron chi connectivity index (χ1n) is 7.17. The lowest BCUT2D eigenvalue weighted by atomic mass is 9.96. The van der Waals surface area contributed by atoms with Crippen molar-refractivity contribution >= 4 is 9.20 Å². The second-order valence-corrected chi connectivity index (χ2v) is 7.87. The third-order valence-corrected chi connectivity index (χ3v) is 6.84. The molecule has 94 valence electrons. The Bertz CT molecular complexity index is 188. The Labute approximate surface area is 102 Å². The van der Waals surface area contributed by atoms with Crippen LogP contribution in [0.3, 0.4) is 0 Å². The van der Waals surface area contributed by atoms with Crippen LogP contribution >= 0.6 is 0 Å². The maximum atomic E-state index is 5.74. The Morgan fingerprint density at radius 2 is 1.62 bits per heavy atom. The lowest BCUT2D eigenvalue weighted by Gasteiger charge is -2.28. The van der Waals surface area contributed by atoms with E-state index in [-0.39, 0.29) is 0 Å². The van der Waals surface area contributed by atoms with Gasteiger partial charge in [-0.15, -0.1) is 0 Å². The Hall–Kier alpha value is 0.137. The van der Waals surface area contributed by atoms with Crippen molar-refractivity contribution in [1.82, 2.24) is 4.98 Å². The van der Waals surface area contributed by atoms with E-state index in [1.54, 1.807) is 0 Å². The van der Waals surface area contributed by atoms with E-state index in [0.29, 0.717) is 0 Å². The molecule has 0 aromatic carbocycles. The zero-order chi connectivity index (χ0) is 11.2. The molecular weight excluding hydrogens is 214 g/mol. The summed E-state index contributed by atoms with van der Waals surface area (Å²) < 4.78 is 5.74. The molecule has 0 aromatic rings. The van der Waals surface area contributed by atoms with E-state index in [9.17, 15) is 0 Å². The fraction of sp³-hybridized carbons (Fsp3) is 1.00. The molecule has 0 radical (unpaired) electrons. The molecule has 0 aliphatic heterocycles. The van der Waals surface area contributed by atoms with Crippen LogP contribution in [0.4, 0.5) is 0 Å². The van der Waals surface area contributed by atoms with E-state index in [0.717, 1.165) is 12.0 Å². The molecule has 0 spiro atoms. The average Bonchev–Trinajstić information content (AvgIpc) is 2.82. The lowest BCUT2D eigenvalue weighted by molar-refractivity contribution is 0.354. The largest absolute Gasteiger partial charge is 0.409 e. The zero-order valence-corrected chi connectivity index (χ0v) is 11.9. The van der Waals surface area contributed by atoms with Crippen molar-refractivity contribution in [2.75, 3.05) is 7.11 Å². The van der Waals surface area contributed by atoms with Crippen molar-refractivity contribution in [1.29, 1.82) is 0 Å². The molecule has 0 bridgehead atoms. The van der Waals surface area contributed by atoms with Gasteiger partial charge < -0.3 is 9.41 Å². The maximum absolute atomic E-state index is 5.74. The van der Waals surface area contributed by atoms with Crippen LogP contribution < -0.4 is 4.98 Å². The van der Waals surface area contributed by atoms with Gasteiger partial charge in [0.15, 0.2) is 0 Å². The molecule has 0 saturated heterocycles. The highest BCUT2D eigenvalue weighted by molar-refractivity contribution is 6.49. The maximum Gasteiger partial charge on any atom is 0.252 e. The second kappa shape index (κ2) is 6.77. The van der Waals surface area contributed by atoms with Crippen LogP contribution in [0.15, 0.2) is 0 Å². The predicted octanol–water partition coefficient (Wildman–Crippen LogP) is 2.97. The fourth-order valence-electron chi connectivity index (χ4n) is 3.31. The number of hydrogen-bond acceptors (Lipinski definition) is 2. The Kier molecular flexibility index (Phi) is 5.33. The van der Waals surface area contributed by atoms with Gasteiger partial charge in [-0.05, 0) is 24.8 Å². The molecule has 2 aliphatic rings. The summed E-state index contributed by atoms with van der Waals surface area (Å²) in [6.07, 6.45) is 12.9. The Morgan fingerprint density at radius 3 is 2.25 bits per heavy atom. The van der Waals surface area contributed by atoms with Gasteiger partial charge in [0, 0.05) is 13.2 Å². The third-order valence-electron chi connectivity index (χ3n) is 4.33. The molecule has 1 atom stereocenters. The minimum absolute atomic E-state index is 0.784. The summed E-state index contributed by atoms with van der Waals surface area (Å²) in [7, 11) is 0.829. The van der Waals surface area contributed by atoms with Crippen molar-refractivity contribution in [3.63, 3.8) is 0 Å². The van der Waals surface area contributed by atoms with Crippen molar-refractivity contribution < 1.29 is 4.43 Å². The quantitative estimate of drug-likeness (QED) is 0.747. The zero-order valence-electron chi connectivity index (χ0n) is 10.7. The van der Waals surface area contributed by atoms with Crippen molar-refractivity contribution in [2.24, 2.45) is 5.92 Å². The second-order valence-electron chi connectivity index (χ2n) is 5.61. The molecule has 2 saturated carbocycles. The highest BCUT2D eigenvalue weighted by atomic mass is 28.3. The van der Waals surface area contributed by atoms with Crippen molar-refractivity contribution in [3.8, 4) is 0 Å². The van der Waals surface area contributed by atoms with E-state index < -0.39 is 9.20 Å².